The standard InChI is InChI=1S/C18H15N5O2/c24-17(23-22-10-14-8-9-19-12-21-14)11-20-18(25)16-7-3-5-13-4-1-2-6-15(13)16/h1-10,12H,11H2,(H,20,25)(H,23,24). The van der Waals surface area contributed by atoms with E-state index in [2.05, 4.69) is 25.8 Å². The Kier molecular flexibility index (Phi) is 5.06. The van der Waals surface area contributed by atoms with Gasteiger partial charge in [0.25, 0.3) is 11.8 Å². The monoisotopic (exact) mass is 333 g/mol. The van der Waals surface area contributed by atoms with E-state index in [1.807, 2.05) is 36.4 Å². The fourth-order valence-corrected chi connectivity index (χ4v) is 2.27. The van der Waals surface area contributed by atoms with Crippen molar-refractivity contribution in [1.82, 2.24) is 20.7 Å². The first-order chi connectivity index (χ1) is 12.2. The number of nitrogens with zero attached hydrogens (tertiary/aromatic N) is 3. The van der Waals surface area contributed by atoms with E-state index in [9.17, 15) is 9.59 Å². The molecule has 0 bridgehead atoms. The number of aromatic nitrogens is 2. The highest BCUT2D eigenvalue weighted by atomic mass is 16.2. The number of amides is 2. The highest BCUT2D eigenvalue weighted by Crippen LogP contribution is 2.18. The largest absolute Gasteiger partial charge is 0.343 e. The molecule has 0 unspecified atom stereocenters. The molecule has 0 aliphatic heterocycles. The molecule has 3 aromatic rings. The van der Waals surface area contributed by atoms with Crippen molar-refractivity contribution in [1.29, 1.82) is 0 Å². The molecule has 2 aromatic carbocycles. The Labute approximate surface area is 143 Å². The molecule has 0 aliphatic carbocycles. The second kappa shape index (κ2) is 7.78. The van der Waals surface area contributed by atoms with Gasteiger partial charge in [0.1, 0.15) is 6.33 Å². The summed E-state index contributed by atoms with van der Waals surface area (Å²) >= 11 is 0. The highest BCUT2D eigenvalue weighted by molar-refractivity contribution is 6.07. The molecule has 0 saturated heterocycles. The molecule has 7 heteroatoms. The quantitative estimate of drug-likeness (QED) is 0.546. The molecule has 0 saturated carbocycles. The molecule has 0 radical (unpaired) electrons. The topological polar surface area (TPSA) is 96.3 Å². The summed E-state index contributed by atoms with van der Waals surface area (Å²) in [5, 5.41) is 8.17. The molecular formula is C18H15N5O2. The molecule has 0 spiro atoms. The fourth-order valence-electron chi connectivity index (χ4n) is 2.27. The van der Waals surface area contributed by atoms with Crippen LogP contribution in [0.2, 0.25) is 0 Å². The number of fused-ring (bicyclic) bond motifs is 1. The van der Waals surface area contributed by atoms with Crippen molar-refractivity contribution >= 4 is 28.8 Å². The van der Waals surface area contributed by atoms with Gasteiger partial charge in [-0.1, -0.05) is 36.4 Å². The van der Waals surface area contributed by atoms with E-state index in [4.69, 9.17) is 0 Å². The van der Waals surface area contributed by atoms with Crippen molar-refractivity contribution in [2.24, 2.45) is 5.10 Å². The van der Waals surface area contributed by atoms with Gasteiger partial charge in [0.2, 0.25) is 0 Å². The van der Waals surface area contributed by atoms with E-state index < -0.39 is 5.91 Å². The van der Waals surface area contributed by atoms with E-state index in [-0.39, 0.29) is 12.5 Å². The summed E-state index contributed by atoms with van der Waals surface area (Å²) in [6.45, 7) is -0.177. The van der Waals surface area contributed by atoms with Crippen LogP contribution in [0, 0.1) is 0 Å². The molecule has 0 fully saturated rings. The van der Waals surface area contributed by atoms with E-state index in [0.29, 0.717) is 11.3 Å². The Hall–Kier alpha value is -3.61. The van der Waals surface area contributed by atoms with Gasteiger partial charge in [-0.15, -0.1) is 0 Å². The normalized spacial score (nSPS) is 10.7. The van der Waals surface area contributed by atoms with Crippen LogP contribution >= 0.6 is 0 Å². The minimum atomic E-state index is -0.432. The van der Waals surface area contributed by atoms with Crippen molar-refractivity contribution in [3.8, 4) is 0 Å². The Morgan fingerprint density at radius 3 is 2.76 bits per heavy atom. The first-order valence-corrected chi connectivity index (χ1v) is 7.58. The number of nitrogens with one attached hydrogen (secondary N) is 2. The summed E-state index contributed by atoms with van der Waals surface area (Å²) in [4.78, 5) is 31.8. The number of hydrogen-bond donors (Lipinski definition) is 2. The van der Waals surface area contributed by atoms with Gasteiger partial charge in [0.15, 0.2) is 0 Å². The Balaban J connectivity index is 1.56. The summed E-state index contributed by atoms with van der Waals surface area (Å²) in [5.74, 6) is -0.745. The van der Waals surface area contributed by atoms with E-state index in [1.165, 1.54) is 12.5 Å². The van der Waals surface area contributed by atoms with Crippen LogP contribution in [0.5, 0.6) is 0 Å². The predicted octanol–water partition coefficient (Wildman–Crippen LogP) is 1.51. The highest BCUT2D eigenvalue weighted by Gasteiger charge is 2.10. The molecule has 0 aliphatic rings. The maximum Gasteiger partial charge on any atom is 0.259 e. The van der Waals surface area contributed by atoms with Crippen LogP contribution in [0.15, 0.2) is 66.2 Å². The van der Waals surface area contributed by atoms with Crippen molar-refractivity contribution in [2.75, 3.05) is 6.54 Å². The predicted molar refractivity (Wildman–Crippen MR) is 94.0 cm³/mol. The second-order valence-corrected chi connectivity index (χ2v) is 5.14. The summed E-state index contributed by atoms with van der Waals surface area (Å²) in [6, 6.07) is 14.7. The minimum Gasteiger partial charge on any atom is -0.343 e. The van der Waals surface area contributed by atoms with E-state index in [0.717, 1.165) is 10.8 Å². The molecule has 25 heavy (non-hydrogen) atoms. The fraction of sp³-hybridized carbons (Fsp3) is 0.0556. The van der Waals surface area contributed by atoms with Crippen LogP contribution < -0.4 is 10.7 Å². The van der Waals surface area contributed by atoms with Crippen LogP contribution in [0.1, 0.15) is 16.1 Å². The van der Waals surface area contributed by atoms with Gasteiger partial charge in [0, 0.05) is 11.8 Å². The molecule has 7 nitrogen and oxygen atoms in total. The number of carbonyl (C=O) groups excluding carboxylic acids is 2. The molecule has 124 valence electrons. The number of hydrazone groups is 1. The molecule has 3 rings (SSSR count). The van der Waals surface area contributed by atoms with Crippen LogP contribution in [0.3, 0.4) is 0 Å². The molecule has 0 atom stereocenters. The average molecular weight is 333 g/mol. The van der Waals surface area contributed by atoms with Gasteiger partial charge in [-0.3, -0.25) is 9.59 Å². The smallest absolute Gasteiger partial charge is 0.259 e. The van der Waals surface area contributed by atoms with Gasteiger partial charge in [-0.25, -0.2) is 15.4 Å². The molecule has 2 amide bonds. The number of rotatable bonds is 5. The zero-order valence-corrected chi connectivity index (χ0v) is 13.2. The Morgan fingerprint density at radius 2 is 1.92 bits per heavy atom. The van der Waals surface area contributed by atoms with Crippen LogP contribution in [-0.4, -0.2) is 34.5 Å². The molecule has 1 heterocycles. The zero-order chi connectivity index (χ0) is 17.5. The second-order valence-electron chi connectivity index (χ2n) is 5.14. The summed E-state index contributed by atoms with van der Waals surface area (Å²) in [5.41, 5.74) is 3.42. The summed E-state index contributed by atoms with van der Waals surface area (Å²) in [7, 11) is 0. The SMILES string of the molecule is O=C(CNC(=O)c1cccc2ccccc12)NN=Cc1ccncn1. The third-order valence-electron chi connectivity index (χ3n) is 3.43. The first kappa shape index (κ1) is 16.3. The Morgan fingerprint density at radius 1 is 1.08 bits per heavy atom. The van der Waals surface area contributed by atoms with Crippen molar-refractivity contribution < 1.29 is 9.59 Å². The minimum absolute atomic E-state index is 0.177. The lowest BCUT2D eigenvalue weighted by Crippen LogP contribution is -2.35. The number of benzene rings is 2. The zero-order valence-electron chi connectivity index (χ0n) is 13.2. The van der Waals surface area contributed by atoms with Crippen LogP contribution in [0.4, 0.5) is 0 Å². The van der Waals surface area contributed by atoms with Gasteiger partial charge in [-0.2, -0.15) is 5.10 Å². The van der Waals surface area contributed by atoms with Gasteiger partial charge >= 0.3 is 0 Å². The lowest BCUT2D eigenvalue weighted by Gasteiger charge is -2.07. The average Bonchev–Trinajstić information content (AvgIpc) is 2.66. The maximum absolute atomic E-state index is 12.3. The van der Waals surface area contributed by atoms with Crippen molar-refractivity contribution in [2.45, 2.75) is 0 Å². The van der Waals surface area contributed by atoms with Gasteiger partial charge < -0.3 is 5.32 Å². The maximum atomic E-state index is 12.3. The number of hydrogen-bond acceptors (Lipinski definition) is 5. The molecular weight excluding hydrogens is 318 g/mol. The van der Waals surface area contributed by atoms with Gasteiger partial charge in [0.05, 0.1) is 18.5 Å². The van der Waals surface area contributed by atoms with E-state index in [1.54, 1.807) is 18.3 Å². The van der Waals surface area contributed by atoms with Crippen LogP contribution in [-0.2, 0) is 4.79 Å². The lowest BCUT2D eigenvalue weighted by atomic mass is 10.0. The lowest BCUT2D eigenvalue weighted by molar-refractivity contribution is -0.120. The summed E-state index contributed by atoms with van der Waals surface area (Å²) < 4.78 is 0. The number of carbonyl (C=O) groups is 2. The first-order valence-electron chi connectivity index (χ1n) is 7.58. The molecule has 2 N–H and O–H groups in total. The third kappa shape index (κ3) is 4.23. The van der Waals surface area contributed by atoms with Crippen molar-refractivity contribution in [3.63, 3.8) is 0 Å². The van der Waals surface area contributed by atoms with E-state index >= 15 is 0 Å². The third-order valence-corrected chi connectivity index (χ3v) is 3.43. The summed E-state index contributed by atoms with van der Waals surface area (Å²) in [6.07, 6.45) is 4.35. The van der Waals surface area contributed by atoms with Crippen molar-refractivity contribution in [3.05, 3.63) is 72.3 Å². The van der Waals surface area contributed by atoms with Gasteiger partial charge in [-0.05, 0) is 22.9 Å². The molecule has 1 aromatic heterocycles. The van der Waals surface area contributed by atoms with Crippen LogP contribution in [0.25, 0.3) is 10.8 Å². The Bertz CT molecular complexity index is 920.